The summed E-state index contributed by atoms with van der Waals surface area (Å²) in [7, 11) is 1.96. The van der Waals surface area contributed by atoms with Crippen molar-refractivity contribution in [2.75, 3.05) is 7.05 Å². The van der Waals surface area contributed by atoms with Gasteiger partial charge in [-0.15, -0.1) is 0 Å². The predicted octanol–water partition coefficient (Wildman–Crippen LogP) is 3.02. The topological polar surface area (TPSA) is 42.7 Å². The van der Waals surface area contributed by atoms with Gasteiger partial charge in [0.15, 0.2) is 0 Å². The van der Waals surface area contributed by atoms with Crippen LogP contribution >= 0.6 is 11.6 Å². The number of aromatic nitrogens is 3. The van der Waals surface area contributed by atoms with Gasteiger partial charge in [0.2, 0.25) is 0 Å². The fourth-order valence-corrected chi connectivity index (χ4v) is 2.72. The first-order valence-corrected chi connectivity index (χ1v) is 7.40. The Labute approximate surface area is 125 Å². The summed E-state index contributed by atoms with van der Waals surface area (Å²) in [6.45, 7) is 5.00. The lowest BCUT2D eigenvalue weighted by Crippen LogP contribution is -2.20. The molecule has 2 rings (SSSR count). The molecular weight excluding hydrogens is 272 g/mol. The highest BCUT2D eigenvalue weighted by Crippen LogP contribution is 2.26. The van der Waals surface area contributed by atoms with E-state index in [1.807, 2.05) is 24.0 Å². The normalized spacial score (nSPS) is 12.6. The number of rotatable bonds is 6. The van der Waals surface area contributed by atoms with Gasteiger partial charge in [-0.2, -0.15) is 5.10 Å². The van der Waals surface area contributed by atoms with E-state index < -0.39 is 0 Å². The van der Waals surface area contributed by atoms with Crippen molar-refractivity contribution in [1.82, 2.24) is 20.1 Å². The molecule has 0 fully saturated rings. The van der Waals surface area contributed by atoms with E-state index in [1.54, 1.807) is 6.20 Å². The molecule has 1 unspecified atom stereocenters. The Hall–Kier alpha value is -1.39. The number of hydrogen-bond acceptors (Lipinski definition) is 3. The first kappa shape index (κ1) is 15.0. The molecule has 0 bridgehead atoms. The fourth-order valence-electron chi connectivity index (χ4n) is 2.37. The molecule has 5 heteroatoms. The Morgan fingerprint density at radius 1 is 1.40 bits per heavy atom. The molecule has 1 N–H and O–H groups in total. The van der Waals surface area contributed by atoms with Crippen molar-refractivity contribution in [3.63, 3.8) is 0 Å². The third kappa shape index (κ3) is 3.02. The third-order valence-electron chi connectivity index (χ3n) is 3.53. The van der Waals surface area contributed by atoms with E-state index in [0.717, 1.165) is 41.4 Å². The van der Waals surface area contributed by atoms with E-state index in [2.05, 4.69) is 35.3 Å². The van der Waals surface area contributed by atoms with E-state index in [1.165, 1.54) is 0 Å². The van der Waals surface area contributed by atoms with Crippen molar-refractivity contribution in [1.29, 1.82) is 0 Å². The van der Waals surface area contributed by atoms with Crippen LogP contribution in [0.4, 0.5) is 0 Å². The van der Waals surface area contributed by atoms with Gasteiger partial charge in [0, 0.05) is 31.4 Å². The van der Waals surface area contributed by atoms with Gasteiger partial charge in [0.25, 0.3) is 0 Å². The SMILES string of the molecule is CCc1nn(CC)c(CC(NC)c2cccnc2)c1Cl. The summed E-state index contributed by atoms with van der Waals surface area (Å²) in [5, 5.41) is 8.71. The summed E-state index contributed by atoms with van der Waals surface area (Å²) < 4.78 is 2.00. The Balaban J connectivity index is 2.30. The summed E-state index contributed by atoms with van der Waals surface area (Å²) in [5.41, 5.74) is 3.23. The molecule has 2 heterocycles. The average Bonchev–Trinajstić information content (AvgIpc) is 2.81. The zero-order valence-corrected chi connectivity index (χ0v) is 13.0. The molecule has 20 heavy (non-hydrogen) atoms. The Morgan fingerprint density at radius 3 is 2.75 bits per heavy atom. The molecule has 0 spiro atoms. The van der Waals surface area contributed by atoms with Gasteiger partial charge in [-0.05, 0) is 32.0 Å². The number of halogens is 1. The monoisotopic (exact) mass is 292 g/mol. The van der Waals surface area contributed by atoms with Crippen LogP contribution in [0.2, 0.25) is 5.02 Å². The standard InChI is InChI=1S/C15H21ClN4/c1-4-12-15(16)14(20(5-2)19-12)9-13(17-3)11-7-6-8-18-10-11/h6-8,10,13,17H,4-5,9H2,1-3H3. The number of likely N-dealkylation sites (N-methyl/N-ethyl adjacent to an activating group) is 1. The molecule has 0 aliphatic heterocycles. The minimum Gasteiger partial charge on any atom is -0.313 e. The third-order valence-corrected chi connectivity index (χ3v) is 3.96. The average molecular weight is 293 g/mol. The second kappa shape index (κ2) is 6.86. The van der Waals surface area contributed by atoms with Gasteiger partial charge in [-0.3, -0.25) is 9.67 Å². The Kier molecular flexibility index (Phi) is 5.15. The zero-order chi connectivity index (χ0) is 14.5. The quantitative estimate of drug-likeness (QED) is 0.890. The van der Waals surface area contributed by atoms with Gasteiger partial charge in [0.1, 0.15) is 0 Å². The summed E-state index contributed by atoms with van der Waals surface area (Å²) in [6.07, 6.45) is 5.34. The minimum absolute atomic E-state index is 0.188. The largest absolute Gasteiger partial charge is 0.313 e. The molecule has 0 radical (unpaired) electrons. The molecule has 0 saturated heterocycles. The van der Waals surface area contributed by atoms with E-state index in [0.29, 0.717) is 0 Å². The van der Waals surface area contributed by atoms with Crippen LogP contribution in [0.25, 0.3) is 0 Å². The van der Waals surface area contributed by atoms with Crippen molar-refractivity contribution < 1.29 is 0 Å². The molecular formula is C15H21ClN4. The molecule has 2 aromatic heterocycles. The zero-order valence-electron chi connectivity index (χ0n) is 12.2. The van der Waals surface area contributed by atoms with Crippen LogP contribution in [0, 0.1) is 0 Å². The minimum atomic E-state index is 0.188. The van der Waals surface area contributed by atoms with Gasteiger partial charge < -0.3 is 5.32 Å². The Bertz CT molecular complexity index is 551. The highest BCUT2D eigenvalue weighted by atomic mass is 35.5. The second-order valence-electron chi connectivity index (χ2n) is 4.71. The summed E-state index contributed by atoms with van der Waals surface area (Å²) in [6, 6.07) is 4.22. The first-order chi connectivity index (χ1) is 9.71. The second-order valence-corrected chi connectivity index (χ2v) is 5.09. The number of nitrogens with zero attached hydrogens (tertiary/aromatic N) is 3. The van der Waals surface area contributed by atoms with Gasteiger partial charge in [0.05, 0.1) is 16.4 Å². The maximum absolute atomic E-state index is 6.47. The lowest BCUT2D eigenvalue weighted by Gasteiger charge is -2.17. The van der Waals surface area contributed by atoms with Crippen LogP contribution in [-0.4, -0.2) is 21.8 Å². The van der Waals surface area contributed by atoms with Crippen LogP contribution in [0.1, 0.15) is 36.8 Å². The molecule has 0 aliphatic rings. The van der Waals surface area contributed by atoms with E-state index in [-0.39, 0.29) is 6.04 Å². The van der Waals surface area contributed by atoms with Gasteiger partial charge >= 0.3 is 0 Å². The smallest absolute Gasteiger partial charge is 0.0850 e. The van der Waals surface area contributed by atoms with Gasteiger partial charge in [-0.1, -0.05) is 24.6 Å². The number of pyridine rings is 1. The lowest BCUT2D eigenvalue weighted by molar-refractivity contribution is 0.539. The van der Waals surface area contributed by atoms with Crippen molar-refractivity contribution in [3.8, 4) is 0 Å². The molecule has 2 aromatic rings. The maximum Gasteiger partial charge on any atom is 0.0850 e. The molecule has 0 amide bonds. The van der Waals surface area contributed by atoms with E-state index in [9.17, 15) is 0 Å². The number of hydrogen-bond donors (Lipinski definition) is 1. The van der Waals surface area contributed by atoms with Crippen molar-refractivity contribution in [3.05, 3.63) is 46.5 Å². The van der Waals surface area contributed by atoms with Crippen molar-refractivity contribution >= 4 is 11.6 Å². The molecule has 108 valence electrons. The molecule has 0 aliphatic carbocycles. The van der Waals surface area contributed by atoms with Crippen molar-refractivity contribution in [2.45, 2.75) is 39.3 Å². The molecule has 4 nitrogen and oxygen atoms in total. The van der Waals surface area contributed by atoms with Crippen LogP contribution in [-0.2, 0) is 19.4 Å². The number of aryl methyl sites for hydroxylation is 2. The summed E-state index contributed by atoms with van der Waals surface area (Å²) in [5.74, 6) is 0. The van der Waals surface area contributed by atoms with E-state index in [4.69, 9.17) is 11.6 Å². The highest BCUT2D eigenvalue weighted by molar-refractivity contribution is 6.31. The van der Waals surface area contributed by atoms with Crippen molar-refractivity contribution in [2.24, 2.45) is 0 Å². The highest BCUT2D eigenvalue weighted by Gasteiger charge is 2.19. The van der Waals surface area contributed by atoms with E-state index >= 15 is 0 Å². The molecule has 0 saturated carbocycles. The van der Waals surface area contributed by atoms with Crippen LogP contribution < -0.4 is 5.32 Å². The first-order valence-electron chi connectivity index (χ1n) is 7.02. The van der Waals surface area contributed by atoms with Crippen LogP contribution in [0.5, 0.6) is 0 Å². The predicted molar refractivity (Wildman–Crippen MR) is 82.0 cm³/mol. The van der Waals surface area contributed by atoms with Crippen LogP contribution in [0.3, 0.4) is 0 Å². The lowest BCUT2D eigenvalue weighted by atomic mass is 10.0. The summed E-state index contributed by atoms with van der Waals surface area (Å²) >= 11 is 6.47. The Morgan fingerprint density at radius 2 is 2.20 bits per heavy atom. The van der Waals surface area contributed by atoms with Gasteiger partial charge in [-0.25, -0.2) is 0 Å². The van der Waals surface area contributed by atoms with Crippen LogP contribution in [0.15, 0.2) is 24.5 Å². The number of nitrogens with one attached hydrogen (secondary N) is 1. The maximum atomic E-state index is 6.47. The summed E-state index contributed by atoms with van der Waals surface area (Å²) in [4.78, 5) is 4.19. The fraction of sp³-hybridized carbons (Fsp3) is 0.467. The molecule has 0 aromatic carbocycles. The molecule has 1 atom stereocenters.